The van der Waals surface area contributed by atoms with Crippen molar-refractivity contribution in [3.8, 4) is 0 Å². The molecule has 6 heteroatoms. The second-order valence-electron chi connectivity index (χ2n) is 2.95. The molecule has 0 aromatic carbocycles. The van der Waals surface area contributed by atoms with E-state index in [0.29, 0.717) is 9.75 Å². The molecule has 0 saturated carbocycles. The van der Waals surface area contributed by atoms with Gasteiger partial charge in [0, 0.05) is 9.75 Å². The summed E-state index contributed by atoms with van der Waals surface area (Å²) in [6.07, 6.45) is 0. The highest BCUT2D eigenvalue weighted by Crippen LogP contribution is 2.31. The van der Waals surface area contributed by atoms with E-state index in [1.54, 1.807) is 13.8 Å². The van der Waals surface area contributed by atoms with Crippen LogP contribution in [0.25, 0.3) is 0 Å². The normalized spacial score (nSPS) is 11.7. The predicted octanol–water partition coefficient (Wildman–Crippen LogP) is 1.81. The topological polar surface area (TPSA) is 71.4 Å². The first kappa shape index (κ1) is 11.4. The van der Waals surface area contributed by atoms with E-state index in [4.69, 9.17) is 4.55 Å². The van der Waals surface area contributed by atoms with Crippen LogP contribution in [0.15, 0.2) is 4.90 Å². The summed E-state index contributed by atoms with van der Waals surface area (Å²) in [5.74, 6) is -0.348. The Morgan fingerprint density at radius 3 is 2.07 bits per heavy atom. The van der Waals surface area contributed by atoms with E-state index in [1.807, 2.05) is 0 Å². The van der Waals surface area contributed by atoms with Crippen molar-refractivity contribution in [2.75, 3.05) is 0 Å². The zero-order chi connectivity index (χ0) is 11.1. The Morgan fingerprint density at radius 2 is 1.79 bits per heavy atom. The highest BCUT2D eigenvalue weighted by atomic mass is 32.2. The molecule has 0 saturated heterocycles. The summed E-state index contributed by atoms with van der Waals surface area (Å²) in [4.78, 5) is 12.0. The van der Waals surface area contributed by atoms with Gasteiger partial charge in [0.05, 0.1) is 5.56 Å². The van der Waals surface area contributed by atoms with E-state index < -0.39 is 10.1 Å². The molecule has 0 bridgehead atoms. The Morgan fingerprint density at radius 1 is 1.29 bits per heavy atom. The van der Waals surface area contributed by atoms with Crippen LogP contribution in [-0.2, 0) is 10.1 Å². The van der Waals surface area contributed by atoms with Gasteiger partial charge in [-0.1, -0.05) is 0 Å². The molecule has 1 N–H and O–H groups in total. The van der Waals surface area contributed by atoms with Gasteiger partial charge in [0.1, 0.15) is 4.90 Å². The second-order valence-corrected chi connectivity index (χ2v) is 5.74. The lowest BCUT2D eigenvalue weighted by atomic mass is 10.2. The van der Waals surface area contributed by atoms with Crippen LogP contribution in [-0.4, -0.2) is 18.8 Å². The van der Waals surface area contributed by atoms with E-state index >= 15 is 0 Å². The fraction of sp³-hybridized carbons (Fsp3) is 0.375. The molecule has 0 aliphatic heterocycles. The lowest BCUT2D eigenvalue weighted by Gasteiger charge is -1.99. The van der Waals surface area contributed by atoms with Gasteiger partial charge >= 0.3 is 0 Å². The summed E-state index contributed by atoms with van der Waals surface area (Å²) in [6, 6.07) is 0. The minimum atomic E-state index is -4.30. The van der Waals surface area contributed by atoms with Crippen LogP contribution < -0.4 is 0 Å². The zero-order valence-corrected chi connectivity index (χ0v) is 9.62. The molecule has 1 aromatic heterocycles. The monoisotopic (exact) mass is 234 g/mol. The fourth-order valence-electron chi connectivity index (χ4n) is 1.38. The third-order valence-electron chi connectivity index (χ3n) is 1.82. The molecule has 0 radical (unpaired) electrons. The van der Waals surface area contributed by atoms with Crippen molar-refractivity contribution in [2.24, 2.45) is 0 Å². The smallest absolute Gasteiger partial charge is 0.294 e. The van der Waals surface area contributed by atoms with Crippen LogP contribution in [0.3, 0.4) is 0 Å². The van der Waals surface area contributed by atoms with Crippen molar-refractivity contribution < 1.29 is 17.8 Å². The van der Waals surface area contributed by atoms with Crippen molar-refractivity contribution >= 4 is 27.2 Å². The molecule has 1 rings (SSSR count). The van der Waals surface area contributed by atoms with Gasteiger partial charge < -0.3 is 0 Å². The number of ketones is 1. The number of carbonyl (C=O) groups is 1. The second kappa shape index (κ2) is 3.45. The summed E-state index contributed by atoms with van der Waals surface area (Å²) >= 11 is 1.19. The maximum Gasteiger partial charge on any atom is 0.296 e. The average molecular weight is 234 g/mol. The molecule has 0 amide bonds. The minimum Gasteiger partial charge on any atom is -0.294 e. The summed E-state index contributed by atoms with van der Waals surface area (Å²) < 4.78 is 30.9. The van der Waals surface area contributed by atoms with Gasteiger partial charge in [0.25, 0.3) is 10.1 Å². The molecule has 0 atom stereocenters. The lowest BCUT2D eigenvalue weighted by molar-refractivity contribution is 0.101. The average Bonchev–Trinajstić information content (AvgIpc) is 2.23. The molecular formula is C8H10O4S2. The van der Waals surface area contributed by atoms with E-state index in [2.05, 4.69) is 0 Å². The number of hydrogen-bond donors (Lipinski definition) is 1. The zero-order valence-electron chi connectivity index (χ0n) is 7.99. The van der Waals surface area contributed by atoms with Crippen molar-refractivity contribution in [3.05, 3.63) is 15.3 Å². The molecule has 0 fully saturated rings. The molecule has 0 aliphatic rings. The van der Waals surface area contributed by atoms with Gasteiger partial charge in [-0.3, -0.25) is 9.35 Å². The third-order valence-corrected chi connectivity index (χ3v) is 3.99. The molecule has 4 nitrogen and oxygen atoms in total. The first-order valence-electron chi connectivity index (χ1n) is 3.83. The Balaban J connectivity index is 3.65. The van der Waals surface area contributed by atoms with E-state index in [9.17, 15) is 13.2 Å². The highest BCUT2D eigenvalue weighted by molar-refractivity contribution is 7.86. The van der Waals surface area contributed by atoms with E-state index in [-0.39, 0.29) is 16.2 Å². The Kier molecular flexibility index (Phi) is 2.80. The van der Waals surface area contributed by atoms with Gasteiger partial charge in [0.2, 0.25) is 0 Å². The van der Waals surface area contributed by atoms with Crippen molar-refractivity contribution in [1.82, 2.24) is 0 Å². The van der Waals surface area contributed by atoms with Gasteiger partial charge in [-0.2, -0.15) is 8.42 Å². The molecule has 0 spiro atoms. The van der Waals surface area contributed by atoms with Crippen LogP contribution in [0.5, 0.6) is 0 Å². The maximum absolute atomic E-state index is 11.2. The summed E-state index contributed by atoms with van der Waals surface area (Å²) in [5.41, 5.74) is 0.106. The standard InChI is InChI=1S/C8H10O4S2/c1-4(9)7-5(2)13-6(3)8(7)14(10,11)12/h1-3H3,(H,10,11,12). The Hall–Kier alpha value is -0.720. The van der Waals surface area contributed by atoms with Crippen LogP contribution >= 0.6 is 11.3 Å². The predicted molar refractivity (Wildman–Crippen MR) is 53.6 cm³/mol. The van der Waals surface area contributed by atoms with E-state index in [1.165, 1.54) is 18.3 Å². The number of thiophene rings is 1. The quantitative estimate of drug-likeness (QED) is 0.625. The molecule has 0 aliphatic carbocycles. The third kappa shape index (κ3) is 1.87. The van der Waals surface area contributed by atoms with Gasteiger partial charge in [-0.05, 0) is 20.8 Å². The molecular weight excluding hydrogens is 224 g/mol. The van der Waals surface area contributed by atoms with Gasteiger partial charge in [-0.15, -0.1) is 11.3 Å². The number of carbonyl (C=O) groups excluding carboxylic acids is 1. The lowest BCUT2D eigenvalue weighted by Crippen LogP contribution is -2.05. The number of aryl methyl sites for hydroxylation is 2. The fourth-order valence-corrected chi connectivity index (χ4v) is 3.81. The van der Waals surface area contributed by atoms with Crippen LogP contribution in [0.1, 0.15) is 27.0 Å². The molecule has 0 unspecified atom stereocenters. The summed E-state index contributed by atoms with van der Waals surface area (Å²) in [6.45, 7) is 4.50. The van der Waals surface area contributed by atoms with Gasteiger partial charge in [0.15, 0.2) is 5.78 Å². The Labute approximate surface area is 86.3 Å². The van der Waals surface area contributed by atoms with Crippen LogP contribution in [0.4, 0.5) is 0 Å². The largest absolute Gasteiger partial charge is 0.296 e. The van der Waals surface area contributed by atoms with Crippen LogP contribution in [0.2, 0.25) is 0 Å². The van der Waals surface area contributed by atoms with Crippen molar-refractivity contribution in [3.63, 3.8) is 0 Å². The van der Waals surface area contributed by atoms with Crippen molar-refractivity contribution in [2.45, 2.75) is 25.7 Å². The summed E-state index contributed by atoms with van der Waals surface area (Å²) in [5, 5.41) is 0. The number of hydrogen-bond acceptors (Lipinski definition) is 4. The Bertz CT molecular complexity index is 482. The molecule has 78 valence electrons. The SMILES string of the molecule is CC(=O)c1c(C)sc(C)c1S(=O)(=O)O. The highest BCUT2D eigenvalue weighted by Gasteiger charge is 2.25. The van der Waals surface area contributed by atoms with Crippen LogP contribution in [0, 0.1) is 13.8 Å². The molecule has 1 aromatic rings. The van der Waals surface area contributed by atoms with Crippen molar-refractivity contribution in [1.29, 1.82) is 0 Å². The first-order chi connectivity index (χ1) is 6.25. The molecule has 1 heterocycles. The minimum absolute atomic E-state index is 0.106. The van der Waals surface area contributed by atoms with Gasteiger partial charge in [-0.25, -0.2) is 0 Å². The van der Waals surface area contributed by atoms with E-state index in [0.717, 1.165) is 0 Å². The number of rotatable bonds is 2. The maximum atomic E-state index is 11.2. The molecule has 14 heavy (non-hydrogen) atoms. The summed E-state index contributed by atoms with van der Waals surface area (Å²) in [7, 11) is -4.30. The first-order valence-corrected chi connectivity index (χ1v) is 6.09. The number of Topliss-reactive ketones (excluding diaryl/α,β-unsaturated/α-hetero) is 1.